The Morgan fingerprint density at radius 3 is 2.64 bits per heavy atom. The Balaban J connectivity index is 2.13. The fraction of sp³-hybridized carbons (Fsp3) is 0.579. The van der Waals surface area contributed by atoms with Crippen LogP contribution in [-0.2, 0) is 4.74 Å². The van der Waals surface area contributed by atoms with E-state index >= 15 is 0 Å². The number of ketones is 1. The Bertz CT molecular complexity index is 657. The van der Waals surface area contributed by atoms with E-state index in [9.17, 15) is 14.0 Å². The molecule has 0 bridgehead atoms. The maximum Gasteiger partial charge on any atom is 0.410 e. The van der Waals surface area contributed by atoms with Gasteiger partial charge in [-0.3, -0.25) is 4.79 Å². The Hall–Kier alpha value is -1.43. The number of likely N-dealkylation sites (tertiary alicyclic amines) is 1. The Labute approximate surface area is 156 Å². The van der Waals surface area contributed by atoms with Crippen LogP contribution >= 0.6 is 15.9 Å². The van der Waals surface area contributed by atoms with Crippen molar-refractivity contribution in [2.24, 2.45) is 5.92 Å². The van der Waals surface area contributed by atoms with Crippen LogP contribution in [0.2, 0.25) is 0 Å². The highest BCUT2D eigenvalue weighted by Crippen LogP contribution is 2.28. The topological polar surface area (TPSA) is 46.6 Å². The maximum absolute atomic E-state index is 13.4. The van der Waals surface area contributed by atoms with Crippen molar-refractivity contribution in [3.63, 3.8) is 0 Å². The minimum Gasteiger partial charge on any atom is -0.444 e. The quantitative estimate of drug-likeness (QED) is 0.639. The molecule has 1 aromatic carbocycles. The molecule has 0 aliphatic carbocycles. The second-order valence-electron chi connectivity index (χ2n) is 7.71. The summed E-state index contributed by atoms with van der Waals surface area (Å²) < 4.78 is 19.1. The van der Waals surface area contributed by atoms with Crippen LogP contribution in [0.4, 0.5) is 9.18 Å². The molecule has 1 heterocycles. The summed E-state index contributed by atoms with van der Waals surface area (Å²) in [6.45, 7) is 8.19. The van der Waals surface area contributed by atoms with E-state index < -0.39 is 11.4 Å². The van der Waals surface area contributed by atoms with E-state index in [1.165, 1.54) is 18.2 Å². The summed E-state index contributed by atoms with van der Waals surface area (Å²) in [5.41, 5.74) is -0.132. The highest BCUT2D eigenvalue weighted by atomic mass is 79.9. The number of carbonyl (C=O) groups excluding carboxylic acids is 2. The van der Waals surface area contributed by atoms with Crippen LogP contribution in [0.15, 0.2) is 22.7 Å². The molecule has 0 aromatic heterocycles. The molecule has 1 aromatic rings. The van der Waals surface area contributed by atoms with Gasteiger partial charge in [0.05, 0.1) is 4.47 Å². The van der Waals surface area contributed by atoms with Crippen molar-refractivity contribution in [2.45, 2.75) is 58.6 Å². The van der Waals surface area contributed by atoms with Gasteiger partial charge in [0.1, 0.15) is 11.4 Å². The maximum atomic E-state index is 13.4. The number of Topliss-reactive ketones (excluding diaryl/α,β-unsaturated/α-hetero) is 1. The zero-order valence-electron chi connectivity index (χ0n) is 15.1. The normalized spacial score (nSPS) is 21.1. The van der Waals surface area contributed by atoms with Gasteiger partial charge in [-0.15, -0.1) is 0 Å². The first-order valence-electron chi connectivity index (χ1n) is 8.54. The van der Waals surface area contributed by atoms with Crippen molar-refractivity contribution in [1.82, 2.24) is 4.90 Å². The lowest BCUT2D eigenvalue weighted by Gasteiger charge is -2.39. The Morgan fingerprint density at radius 1 is 1.36 bits per heavy atom. The smallest absolute Gasteiger partial charge is 0.410 e. The first-order chi connectivity index (χ1) is 11.6. The minimum atomic E-state index is -0.573. The van der Waals surface area contributed by atoms with Gasteiger partial charge in [-0.05, 0) is 73.7 Å². The van der Waals surface area contributed by atoms with Gasteiger partial charge in [-0.1, -0.05) is 6.92 Å². The highest BCUT2D eigenvalue weighted by molar-refractivity contribution is 9.10. The summed E-state index contributed by atoms with van der Waals surface area (Å²) in [5.74, 6) is -0.0666. The molecule has 1 fully saturated rings. The monoisotopic (exact) mass is 413 g/mol. The first-order valence-corrected chi connectivity index (χ1v) is 9.34. The van der Waals surface area contributed by atoms with Gasteiger partial charge < -0.3 is 9.64 Å². The van der Waals surface area contributed by atoms with Crippen molar-refractivity contribution >= 4 is 27.8 Å². The molecule has 25 heavy (non-hydrogen) atoms. The summed E-state index contributed by atoms with van der Waals surface area (Å²) in [6, 6.07) is 4.04. The SMILES string of the molecule is CC1CCN(C(=O)OC(C)(C)C)C(CC(=O)c2ccc(F)c(Br)c2)C1. The molecule has 1 aliphatic heterocycles. The number of carbonyl (C=O) groups is 2. The first kappa shape index (κ1) is 19.9. The van der Waals surface area contributed by atoms with E-state index in [0.717, 1.165) is 12.8 Å². The molecule has 0 spiro atoms. The van der Waals surface area contributed by atoms with E-state index in [1.807, 2.05) is 20.8 Å². The van der Waals surface area contributed by atoms with Crippen LogP contribution in [0.5, 0.6) is 0 Å². The van der Waals surface area contributed by atoms with Gasteiger partial charge in [0.2, 0.25) is 0 Å². The molecule has 2 rings (SSSR count). The predicted molar refractivity (Wildman–Crippen MR) is 98.2 cm³/mol. The number of hydrogen-bond acceptors (Lipinski definition) is 3. The van der Waals surface area contributed by atoms with Crippen molar-refractivity contribution in [3.05, 3.63) is 34.1 Å². The Kier molecular flexibility index (Phi) is 6.25. The third-order valence-electron chi connectivity index (χ3n) is 4.27. The highest BCUT2D eigenvalue weighted by Gasteiger charge is 2.34. The number of nitrogens with zero attached hydrogens (tertiary/aromatic N) is 1. The van der Waals surface area contributed by atoms with E-state index in [-0.39, 0.29) is 28.8 Å². The van der Waals surface area contributed by atoms with Gasteiger partial charge in [-0.25, -0.2) is 9.18 Å². The molecule has 4 nitrogen and oxygen atoms in total. The average Bonchev–Trinajstić information content (AvgIpc) is 2.48. The number of hydrogen-bond donors (Lipinski definition) is 0. The van der Waals surface area contributed by atoms with Crippen molar-refractivity contribution in [2.75, 3.05) is 6.54 Å². The van der Waals surface area contributed by atoms with Crippen LogP contribution in [0.25, 0.3) is 0 Å². The van der Waals surface area contributed by atoms with Gasteiger partial charge >= 0.3 is 6.09 Å². The van der Waals surface area contributed by atoms with E-state index in [2.05, 4.69) is 22.9 Å². The third-order valence-corrected chi connectivity index (χ3v) is 4.88. The number of piperidine rings is 1. The lowest BCUT2D eigenvalue weighted by molar-refractivity contribution is 0.00514. The molecule has 138 valence electrons. The Morgan fingerprint density at radius 2 is 2.04 bits per heavy atom. The lowest BCUT2D eigenvalue weighted by Crippen LogP contribution is -2.48. The van der Waals surface area contributed by atoms with Crippen LogP contribution in [0, 0.1) is 11.7 Å². The number of rotatable bonds is 3. The summed E-state index contributed by atoms with van der Waals surface area (Å²) in [4.78, 5) is 26.8. The molecule has 1 saturated heterocycles. The summed E-state index contributed by atoms with van der Waals surface area (Å²) in [5, 5.41) is 0. The second-order valence-corrected chi connectivity index (χ2v) is 8.57. The summed E-state index contributed by atoms with van der Waals surface area (Å²) in [6.07, 6.45) is 1.48. The van der Waals surface area contributed by atoms with Crippen LogP contribution in [0.1, 0.15) is 57.3 Å². The van der Waals surface area contributed by atoms with Crippen LogP contribution < -0.4 is 0 Å². The minimum absolute atomic E-state index is 0.103. The van der Waals surface area contributed by atoms with Crippen molar-refractivity contribution in [3.8, 4) is 0 Å². The number of halogens is 2. The van der Waals surface area contributed by atoms with Crippen molar-refractivity contribution in [1.29, 1.82) is 0 Å². The molecule has 0 radical (unpaired) electrons. The third kappa shape index (κ3) is 5.53. The number of benzene rings is 1. The standard InChI is InChI=1S/C19H25BrFNO3/c1-12-7-8-22(18(24)25-19(2,3)4)14(9-12)11-17(23)13-5-6-16(21)15(20)10-13/h5-6,10,12,14H,7-9,11H2,1-4H3. The predicted octanol–water partition coefficient (Wildman–Crippen LogP) is 5.20. The second kappa shape index (κ2) is 7.85. The average molecular weight is 414 g/mol. The van der Waals surface area contributed by atoms with Crippen LogP contribution in [0.3, 0.4) is 0 Å². The van der Waals surface area contributed by atoms with E-state index in [4.69, 9.17) is 4.74 Å². The number of ether oxygens (including phenoxy) is 1. The van der Waals surface area contributed by atoms with Gasteiger partial charge in [0, 0.05) is 24.6 Å². The molecule has 0 N–H and O–H groups in total. The molecule has 2 atom stereocenters. The van der Waals surface area contributed by atoms with Crippen molar-refractivity contribution < 1.29 is 18.7 Å². The van der Waals surface area contributed by atoms with E-state index in [1.54, 1.807) is 4.90 Å². The lowest BCUT2D eigenvalue weighted by atomic mass is 9.89. The van der Waals surface area contributed by atoms with Gasteiger partial charge in [0.15, 0.2) is 5.78 Å². The summed E-state index contributed by atoms with van der Waals surface area (Å²) in [7, 11) is 0. The number of amides is 1. The zero-order valence-corrected chi connectivity index (χ0v) is 16.7. The molecule has 0 saturated carbocycles. The van der Waals surface area contributed by atoms with E-state index in [0.29, 0.717) is 18.0 Å². The van der Waals surface area contributed by atoms with Gasteiger partial charge in [0.25, 0.3) is 0 Å². The largest absolute Gasteiger partial charge is 0.444 e. The van der Waals surface area contributed by atoms with Gasteiger partial charge in [-0.2, -0.15) is 0 Å². The molecular weight excluding hydrogens is 389 g/mol. The molecule has 1 amide bonds. The fourth-order valence-corrected chi connectivity index (χ4v) is 3.39. The molecular formula is C19H25BrFNO3. The fourth-order valence-electron chi connectivity index (χ4n) is 3.01. The molecule has 1 aliphatic rings. The van der Waals surface area contributed by atoms with Crippen LogP contribution in [-0.4, -0.2) is 35.0 Å². The molecule has 6 heteroatoms. The zero-order chi connectivity index (χ0) is 18.8. The molecule has 2 unspecified atom stereocenters. The summed E-state index contributed by atoms with van der Waals surface area (Å²) >= 11 is 3.11.